The van der Waals surface area contributed by atoms with Crippen LogP contribution in [-0.2, 0) is 23.6 Å². The molecule has 124 valence electrons. The molecule has 0 spiro atoms. The third-order valence-electron chi connectivity index (χ3n) is 3.64. The summed E-state index contributed by atoms with van der Waals surface area (Å²) >= 11 is 0. The highest BCUT2D eigenvalue weighted by atomic mass is 31.2. The molecule has 2 aromatic rings. The number of aryl methyl sites for hydroxylation is 1. The average Bonchev–Trinajstić information content (AvgIpc) is 2.49. The quantitative estimate of drug-likeness (QED) is 0.753. The molecule has 0 saturated heterocycles. The van der Waals surface area contributed by atoms with Crippen molar-refractivity contribution in [3.63, 3.8) is 0 Å². The van der Waals surface area contributed by atoms with Crippen LogP contribution in [0.4, 0.5) is 0 Å². The number of hydrogen-bond donors (Lipinski definition) is 2. The lowest BCUT2D eigenvalue weighted by Gasteiger charge is -2.13. The highest BCUT2D eigenvalue weighted by molar-refractivity contribution is 7.50. The molecule has 0 aliphatic rings. The van der Waals surface area contributed by atoms with Crippen LogP contribution >= 0.6 is 7.60 Å². The van der Waals surface area contributed by atoms with Gasteiger partial charge in [0.05, 0.1) is 12.8 Å². The molecule has 0 saturated carbocycles. The molecule has 4 nitrogen and oxygen atoms in total. The van der Waals surface area contributed by atoms with Crippen LogP contribution in [0.25, 0.3) is 0 Å². The number of rotatable bonds is 7. The van der Waals surface area contributed by atoms with Crippen LogP contribution < -0.4 is 4.74 Å². The minimum Gasteiger partial charge on any atom is -0.494 e. The van der Waals surface area contributed by atoms with E-state index in [4.69, 9.17) is 14.5 Å². The van der Waals surface area contributed by atoms with E-state index < -0.39 is 7.60 Å². The van der Waals surface area contributed by atoms with E-state index in [9.17, 15) is 4.57 Å². The number of ether oxygens (including phenoxy) is 1. The maximum atomic E-state index is 11.2. The van der Waals surface area contributed by atoms with Gasteiger partial charge in [0.2, 0.25) is 0 Å². The molecule has 0 unspecified atom stereocenters. The molecule has 0 aliphatic heterocycles. The van der Waals surface area contributed by atoms with E-state index in [0.29, 0.717) is 18.6 Å². The Morgan fingerprint density at radius 2 is 1.57 bits per heavy atom. The van der Waals surface area contributed by atoms with Crippen LogP contribution in [0.2, 0.25) is 0 Å². The molecule has 23 heavy (non-hydrogen) atoms. The predicted molar refractivity (Wildman–Crippen MR) is 92.0 cm³/mol. The van der Waals surface area contributed by atoms with E-state index >= 15 is 0 Å². The fourth-order valence-electron chi connectivity index (χ4n) is 2.52. The molecule has 0 atom stereocenters. The molecule has 0 heterocycles. The van der Waals surface area contributed by atoms with Crippen molar-refractivity contribution in [2.24, 2.45) is 0 Å². The van der Waals surface area contributed by atoms with E-state index in [1.54, 1.807) is 12.1 Å². The lowest BCUT2D eigenvalue weighted by Crippen LogP contribution is -2.00. The Kier molecular flexibility index (Phi) is 6.00. The van der Waals surface area contributed by atoms with Crippen molar-refractivity contribution < 1.29 is 19.1 Å². The Bertz CT molecular complexity index is 689. The minimum atomic E-state index is -4.07. The van der Waals surface area contributed by atoms with Gasteiger partial charge in [0, 0.05) is 6.42 Å². The summed E-state index contributed by atoms with van der Waals surface area (Å²) in [6.45, 7) is 4.59. The molecular weight excluding hydrogens is 311 g/mol. The molecule has 0 amide bonds. The highest BCUT2D eigenvalue weighted by Gasteiger charge is 2.15. The normalized spacial score (nSPS) is 11.5. The fourth-order valence-corrected chi connectivity index (χ4v) is 3.19. The van der Waals surface area contributed by atoms with Gasteiger partial charge < -0.3 is 14.5 Å². The molecule has 0 bridgehead atoms. The van der Waals surface area contributed by atoms with E-state index in [2.05, 4.69) is 31.2 Å². The van der Waals surface area contributed by atoms with Crippen LogP contribution in [0, 0.1) is 0 Å². The molecule has 2 N–H and O–H groups in total. The monoisotopic (exact) mass is 334 g/mol. The first-order valence-corrected chi connectivity index (χ1v) is 9.58. The number of benzene rings is 2. The molecule has 5 heteroatoms. The Morgan fingerprint density at radius 1 is 0.957 bits per heavy atom. The summed E-state index contributed by atoms with van der Waals surface area (Å²) in [5, 5.41) is 0. The van der Waals surface area contributed by atoms with Crippen LogP contribution in [0.15, 0.2) is 42.5 Å². The first kappa shape index (κ1) is 17.7. The van der Waals surface area contributed by atoms with E-state index in [0.717, 1.165) is 23.3 Å². The van der Waals surface area contributed by atoms with Gasteiger partial charge in [-0.2, -0.15) is 0 Å². The van der Waals surface area contributed by atoms with Gasteiger partial charge in [0.15, 0.2) is 0 Å². The molecule has 0 aliphatic carbocycles. The van der Waals surface area contributed by atoms with Gasteiger partial charge in [-0.1, -0.05) is 43.3 Å². The predicted octanol–water partition coefficient (Wildman–Crippen LogP) is 3.92. The van der Waals surface area contributed by atoms with Gasteiger partial charge in [-0.25, -0.2) is 0 Å². The minimum absolute atomic E-state index is 0.249. The topological polar surface area (TPSA) is 66.8 Å². The lowest BCUT2D eigenvalue weighted by molar-refractivity contribution is 0.337. The van der Waals surface area contributed by atoms with Crippen molar-refractivity contribution in [1.29, 1.82) is 0 Å². The van der Waals surface area contributed by atoms with Gasteiger partial charge in [-0.15, -0.1) is 0 Å². The Balaban J connectivity index is 2.28. The fraction of sp³-hybridized carbons (Fsp3) is 0.333. The second-order valence-corrected chi connectivity index (χ2v) is 7.19. The molecule has 0 radical (unpaired) electrons. The Labute approximate surface area is 137 Å². The third-order valence-corrected chi connectivity index (χ3v) is 4.42. The largest absolute Gasteiger partial charge is 0.494 e. The van der Waals surface area contributed by atoms with Crippen LogP contribution in [0.1, 0.15) is 36.1 Å². The molecule has 2 rings (SSSR count). The molecular formula is C18H23O4P. The second-order valence-electron chi connectivity index (χ2n) is 5.54. The van der Waals surface area contributed by atoms with Crippen molar-refractivity contribution in [3.05, 3.63) is 64.7 Å². The zero-order chi connectivity index (χ0) is 16.9. The van der Waals surface area contributed by atoms with E-state index in [1.807, 2.05) is 13.0 Å². The zero-order valence-electron chi connectivity index (χ0n) is 13.5. The summed E-state index contributed by atoms with van der Waals surface area (Å²) in [5.74, 6) is 0.765. The van der Waals surface area contributed by atoms with E-state index in [1.165, 1.54) is 5.56 Å². The van der Waals surface area contributed by atoms with Gasteiger partial charge in [0.1, 0.15) is 5.75 Å². The summed E-state index contributed by atoms with van der Waals surface area (Å²) in [6, 6.07) is 13.7. The average molecular weight is 334 g/mol. The van der Waals surface area contributed by atoms with Crippen LogP contribution in [0.5, 0.6) is 5.75 Å². The summed E-state index contributed by atoms with van der Waals surface area (Å²) in [5.41, 5.74) is 4.01. The summed E-state index contributed by atoms with van der Waals surface area (Å²) in [4.78, 5) is 18.3. The van der Waals surface area contributed by atoms with E-state index in [-0.39, 0.29) is 6.16 Å². The summed E-state index contributed by atoms with van der Waals surface area (Å²) in [6.07, 6.45) is 1.43. The SMILES string of the molecule is CCOc1ccc(CP(=O)(O)O)cc1Cc1ccc(CC)cc1. The van der Waals surface area contributed by atoms with Crippen molar-refractivity contribution in [3.8, 4) is 5.75 Å². The van der Waals surface area contributed by atoms with Crippen molar-refractivity contribution in [2.75, 3.05) is 6.61 Å². The van der Waals surface area contributed by atoms with Gasteiger partial charge in [-0.3, -0.25) is 4.57 Å². The zero-order valence-corrected chi connectivity index (χ0v) is 14.4. The molecule has 2 aromatic carbocycles. The van der Waals surface area contributed by atoms with Crippen molar-refractivity contribution >= 4 is 7.60 Å². The number of hydrogen-bond acceptors (Lipinski definition) is 2. The van der Waals surface area contributed by atoms with Gasteiger partial charge in [-0.05, 0) is 41.7 Å². The first-order chi connectivity index (χ1) is 10.9. The maximum absolute atomic E-state index is 11.2. The van der Waals surface area contributed by atoms with Crippen molar-refractivity contribution in [2.45, 2.75) is 32.9 Å². The highest BCUT2D eigenvalue weighted by Crippen LogP contribution is 2.40. The molecule has 0 fully saturated rings. The summed E-state index contributed by atoms with van der Waals surface area (Å²) < 4.78 is 16.9. The second kappa shape index (κ2) is 7.78. The van der Waals surface area contributed by atoms with Crippen LogP contribution in [0.3, 0.4) is 0 Å². The smallest absolute Gasteiger partial charge is 0.329 e. The third kappa shape index (κ3) is 5.51. The van der Waals surface area contributed by atoms with Crippen LogP contribution in [-0.4, -0.2) is 16.4 Å². The first-order valence-electron chi connectivity index (χ1n) is 7.78. The molecule has 0 aromatic heterocycles. The maximum Gasteiger partial charge on any atom is 0.329 e. The summed E-state index contributed by atoms with van der Waals surface area (Å²) in [7, 11) is -4.07. The van der Waals surface area contributed by atoms with Crippen molar-refractivity contribution in [1.82, 2.24) is 0 Å². The van der Waals surface area contributed by atoms with Gasteiger partial charge >= 0.3 is 7.60 Å². The standard InChI is InChI=1S/C18H23O4P/c1-3-14-5-7-15(8-6-14)11-17-12-16(13-23(19,20)21)9-10-18(17)22-4-2/h5-10,12H,3-4,11,13H2,1-2H3,(H2,19,20,21). The van der Waals surface area contributed by atoms with Gasteiger partial charge in [0.25, 0.3) is 0 Å². The lowest BCUT2D eigenvalue weighted by atomic mass is 10.0. The Morgan fingerprint density at radius 3 is 2.13 bits per heavy atom. The Hall–Kier alpha value is -1.61.